The van der Waals surface area contributed by atoms with Crippen LogP contribution in [0.1, 0.15) is 81.4 Å². The molecule has 0 heterocycles. The predicted octanol–water partition coefficient (Wildman–Crippen LogP) is 9.15. The Morgan fingerprint density at radius 3 is 2.10 bits per heavy atom. The molecule has 0 aliphatic rings. The fraction of sp³-hybridized carbons (Fsp3) is 0.370. The van der Waals surface area contributed by atoms with Gasteiger partial charge in [-0.25, -0.2) is 0 Å². The monoisotopic (exact) mass is 456 g/mol. The Bertz CT molecular complexity index is 866. The van der Waals surface area contributed by atoms with Crippen LogP contribution in [0, 0.1) is 6.92 Å². The van der Waals surface area contributed by atoms with Gasteiger partial charge in [0.1, 0.15) is 6.29 Å². The lowest BCUT2D eigenvalue weighted by atomic mass is 9.96. The van der Waals surface area contributed by atoms with Crippen LogP contribution in [0.25, 0.3) is 10.8 Å². The topological polar surface area (TPSA) is 17.1 Å². The molecule has 0 aliphatic carbocycles. The van der Waals surface area contributed by atoms with Crippen LogP contribution >= 0.6 is 15.9 Å². The van der Waals surface area contributed by atoms with E-state index in [1.807, 2.05) is 46.8 Å². The average molecular weight is 457 g/mol. The zero-order chi connectivity index (χ0) is 22.4. The molecule has 0 saturated heterocycles. The highest BCUT2D eigenvalue weighted by molar-refractivity contribution is 9.10. The number of aryl methyl sites for hydroxylation is 2. The molecule has 29 heavy (non-hydrogen) atoms. The predicted molar refractivity (Wildman–Crippen MR) is 134 cm³/mol. The summed E-state index contributed by atoms with van der Waals surface area (Å²) in [6.07, 6.45) is 1.90. The number of hydrogen-bond acceptors (Lipinski definition) is 1. The lowest BCUT2D eigenvalue weighted by molar-refractivity contribution is 0.112. The van der Waals surface area contributed by atoms with E-state index in [1.54, 1.807) is 0 Å². The van der Waals surface area contributed by atoms with E-state index in [0.717, 1.165) is 23.8 Å². The first-order chi connectivity index (χ1) is 14.0. The summed E-state index contributed by atoms with van der Waals surface area (Å²) in [7, 11) is 0. The molecule has 0 spiro atoms. The molecule has 0 fully saturated rings. The van der Waals surface area contributed by atoms with Gasteiger partial charge in [-0.05, 0) is 64.9 Å². The lowest BCUT2D eigenvalue weighted by Gasteiger charge is -2.10. The highest BCUT2D eigenvalue weighted by Gasteiger charge is 2.05. The van der Waals surface area contributed by atoms with Crippen LogP contribution in [-0.4, -0.2) is 6.29 Å². The number of aldehydes is 1. The van der Waals surface area contributed by atoms with Crippen LogP contribution < -0.4 is 0 Å². The maximum Gasteiger partial charge on any atom is 0.150 e. The average Bonchev–Trinajstić information content (AvgIpc) is 2.76. The van der Waals surface area contributed by atoms with Gasteiger partial charge in [0, 0.05) is 10.0 Å². The molecule has 0 saturated carbocycles. The molecule has 1 nitrogen and oxygen atoms in total. The van der Waals surface area contributed by atoms with Crippen molar-refractivity contribution >= 4 is 33.0 Å². The van der Waals surface area contributed by atoms with E-state index in [0.29, 0.717) is 5.92 Å². The van der Waals surface area contributed by atoms with E-state index in [-0.39, 0.29) is 0 Å². The van der Waals surface area contributed by atoms with Crippen molar-refractivity contribution in [2.45, 2.75) is 67.7 Å². The molecule has 0 aromatic heterocycles. The number of fused-ring (bicyclic) bond motifs is 1. The number of rotatable bonds is 3. The zero-order valence-corrected chi connectivity index (χ0v) is 20.9. The van der Waals surface area contributed by atoms with Crippen molar-refractivity contribution in [2.75, 3.05) is 0 Å². The first-order valence-corrected chi connectivity index (χ1v) is 11.5. The summed E-state index contributed by atoms with van der Waals surface area (Å²) in [5, 5.41) is 2.68. The van der Waals surface area contributed by atoms with Gasteiger partial charge in [0.15, 0.2) is 0 Å². The summed E-state index contributed by atoms with van der Waals surface area (Å²) < 4.78 is 1.17. The normalized spacial score (nSPS) is 9.45. The van der Waals surface area contributed by atoms with Crippen molar-refractivity contribution in [1.29, 1.82) is 0 Å². The van der Waals surface area contributed by atoms with Gasteiger partial charge in [-0.2, -0.15) is 0 Å². The van der Waals surface area contributed by atoms with Gasteiger partial charge in [-0.1, -0.05) is 101 Å². The minimum atomic E-state index is 0.567. The Balaban J connectivity index is 0.000000472. The highest BCUT2D eigenvalue weighted by atomic mass is 79.9. The van der Waals surface area contributed by atoms with Crippen molar-refractivity contribution in [2.24, 2.45) is 0 Å². The summed E-state index contributed by atoms with van der Waals surface area (Å²) in [4.78, 5) is 10.5. The first-order valence-electron chi connectivity index (χ1n) is 10.7. The van der Waals surface area contributed by atoms with Crippen molar-refractivity contribution in [3.63, 3.8) is 0 Å². The summed E-state index contributed by atoms with van der Waals surface area (Å²) in [5.74, 6) is 0.567. The van der Waals surface area contributed by atoms with E-state index in [1.165, 1.54) is 26.4 Å². The summed E-state index contributed by atoms with van der Waals surface area (Å²) in [6.45, 7) is 16.5. The largest absolute Gasteiger partial charge is 0.298 e. The Kier molecular flexibility index (Phi) is 14.0. The molecule has 0 amide bonds. The Labute approximate surface area is 186 Å². The molecule has 2 heteroatoms. The number of carbonyl (C=O) groups excluding carboxylic acids is 1. The summed E-state index contributed by atoms with van der Waals surface area (Å²) >= 11 is 3.55. The third-order valence-electron chi connectivity index (χ3n) is 4.36. The first kappa shape index (κ1) is 27.1. The molecule has 3 rings (SSSR count). The lowest BCUT2D eigenvalue weighted by Crippen LogP contribution is -1.89. The standard InChI is InChI=1S/C13H13Br.C10H12O.2C2H6/c1-9(2)13-8-11(14)7-10-5-3-4-6-12(10)13;1-3-9-5-4-8(2)10(6-9)7-11;2*1-2/h3-9H,1-2H3;4-7H,3H2,1-2H3;2*1-2H3. The number of benzene rings is 3. The molecule has 0 atom stereocenters. The molecule has 0 radical (unpaired) electrons. The third-order valence-corrected chi connectivity index (χ3v) is 4.82. The maximum absolute atomic E-state index is 10.5. The molecule has 3 aromatic rings. The van der Waals surface area contributed by atoms with Gasteiger partial charge < -0.3 is 0 Å². The second-order valence-corrected chi connectivity index (χ2v) is 7.45. The molecule has 0 aliphatic heterocycles. The fourth-order valence-electron chi connectivity index (χ4n) is 2.82. The maximum atomic E-state index is 10.5. The zero-order valence-electron chi connectivity index (χ0n) is 19.3. The van der Waals surface area contributed by atoms with Gasteiger partial charge in [0.25, 0.3) is 0 Å². The summed E-state index contributed by atoms with van der Waals surface area (Å²) in [5.41, 5.74) is 4.49. The van der Waals surface area contributed by atoms with Gasteiger partial charge in [0.2, 0.25) is 0 Å². The van der Waals surface area contributed by atoms with Crippen LogP contribution in [0.4, 0.5) is 0 Å². The molecule has 158 valence electrons. The quantitative estimate of drug-likeness (QED) is 0.358. The van der Waals surface area contributed by atoms with Crippen molar-refractivity contribution < 1.29 is 4.79 Å². The fourth-order valence-corrected chi connectivity index (χ4v) is 3.31. The molecule has 3 aromatic carbocycles. The second-order valence-electron chi connectivity index (χ2n) is 6.53. The smallest absolute Gasteiger partial charge is 0.150 e. The van der Waals surface area contributed by atoms with Crippen molar-refractivity contribution in [3.05, 3.63) is 81.3 Å². The number of hydrogen-bond donors (Lipinski definition) is 0. The second kappa shape index (κ2) is 15.0. The van der Waals surface area contributed by atoms with Crippen LogP contribution in [0.5, 0.6) is 0 Å². The number of carbonyl (C=O) groups is 1. The SMILES string of the molecule is CC.CC.CC(C)c1cc(Br)cc2ccccc12.CCc1ccc(C)c(C=O)c1. The van der Waals surface area contributed by atoms with Gasteiger partial charge in [-0.3, -0.25) is 4.79 Å². The van der Waals surface area contributed by atoms with Crippen molar-refractivity contribution in [3.8, 4) is 0 Å². The van der Waals surface area contributed by atoms with Crippen LogP contribution in [0.3, 0.4) is 0 Å². The Morgan fingerprint density at radius 2 is 1.55 bits per heavy atom. The van der Waals surface area contributed by atoms with Gasteiger partial charge >= 0.3 is 0 Å². The molecule has 0 unspecified atom stereocenters. The van der Waals surface area contributed by atoms with E-state index in [2.05, 4.69) is 79.2 Å². The van der Waals surface area contributed by atoms with Crippen LogP contribution in [-0.2, 0) is 6.42 Å². The number of halogens is 1. The van der Waals surface area contributed by atoms with E-state index < -0.39 is 0 Å². The van der Waals surface area contributed by atoms with E-state index in [4.69, 9.17) is 0 Å². The Morgan fingerprint density at radius 1 is 0.931 bits per heavy atom. The highest BCUT2D eigenvalue weighted by Crippen LogP contribution is 2.29. The van der Waals surface area contributed by atoms with Gasteiger partial charge in [0.05, 0.1) is 0 Å². The minimum absolute atomic E-state index is 0.567. The van der Waals surface area contributed by atoms with Gasteiger partial charge in [-0.15, -0.1) is 0 Å². The van der Waals surface area contributed by atoms with E-state index in [9.17, 15) is 4.79 Å². The summed E-state index contributed by atoms with van der Waals surface area (Å²) in [6, 6.07) is 18.9. The molecule has 0 bridgehead atoms. The minimum Gasteiger partial charge on any atom is -0.298 e. The van der Waals surface area contributed by atoms with Crippen LogP contribution in [0.2, 0.25) is 0 Å². The van der Waals surface area contributed by atoms with Crippen molar-refractivity contribution in [1.82, 2.24) is 0 Å². The third kappa shape index (κ3) is 8.53. The Hall–Kier alpha value is -1.93. The van der Waals surface area contributed by atoms with E-state index >= 15 is 0 Å². The molecular formula is C27H37BrO. The van der Waals surface area contributed by atoms with Crippen LogP contribution in [0.15, 0.2) is 59.1 Å². The molecule has 0 N–H and O–H groups in total. The molecular weight excluding hydrogens is 420 g/mol.